The van der Waals surface area contributed by atoms with E-state index in [0.717, 1.165) is 12.3 Å². The van der Waals surface area contributed by atoms with E-state index in [1.807, 2.05) is 0 Å². The Kier molecular flexibility index (Phi) is 5.10. The van der Waals surface area contributed by atoms with Crippen molar-refractivity contribution >= 4 is 20.9 Å². The van der Waals surface area contributed by atoms with Gasteiger partial charge in [0.1, 0.15) is 11.2 Å². The summed E-state index contributed by atoms with van der Waals surface area (Å²) in [5.74, 6) is 0.139. The van der Waals surface area contributed by atoms with Gasteiger partial charge in [-0.2, -0.15) is 18.4 Å². The van der Waals surface area contributed by atoms with Gasteiger partial charge in [0.2, 0.25) is 0 Å². The van der Waals surface area contributed by atoms with Gasteiger partial charge in [-0.05, 0) is 31.5 Å². The molecule has 3 rings (SSSR count). The van der Waals surface area contributed by atoms with E-state index < -0.39 is 26.9 Å². The van der Waals surface area contributed by atoms with Crippen LogP contribution >= 0.6 is 0 Å². The first-order valence-electron chi connectivity index (χ1n) is 8.90. The number of imidazole rings is 1. The Labute approximate surface area is 171 Å². The number of nitrogens with zero attached hydrogens (tertiary/aromatic N) is 5. The maximum absolute atomic E-state index is 13.0. The van der Waals surface area contributed by atoms with Crippen molar-refractivity contribution in [1.82, 2.24) is 19.5 Å². The third-order valence-corrected chi connectivity index (χ3v) is 6.70. The second-order valence-corrected chi connectivity index (χ2v) is 9.70. The van der Waals surface area contributed by atoms with Crippen molar-refractivity contribution in [2.75, 3.05) is 5.75 Å². The molecule has 0 saturated carbocycles. The van der Waals surface area contributed by atoms with Gasteiger partial charge >= 0.3 is 6.18 Å². The number of nitrogens with one attached hydrogen (secondary N) is 1. The Morgan fingerprint density at radius 2 is 1.83 bits per heavy atom. The van der Waals surface area contributed by atoms with Crippen molar-refractivity contribution < 1.29 is 17.4 Å². The standard InChI is InChI=1S/C19H19F3N6OS/c1-5-30(24,29)14-7-11(18(2,3)10-23)8-25-15(14)17-27-13-6-12(19(20,21)22)9-26-16(13)28(17)4/h6-9,24H,5H2,1-4H3/t30-/m1/s1. The molecule has 0 amide bonds. The minimum Gasteiger partial charge on any atom is -0.310 e. The van der Waals surface area contributed by atoms with Crippen LogP contribution in [0.3, 0.4) is 0 Å². The molecule has 0 bridgehead atoms. The molecule has 3 heterocycles. The monoisotopic (exact) mass is 436 g/mol. The Hall–Kier alpha value is -3.00. The van der Waals surface area contributed by atoms with Crippen LogP contribution in [-0.2, 0) is 28.4 Å². The van der Waals surface area contributed by atoms with Crippen LogP contribution in [0.2, 0.25) is 0 Å². The van der Waals surface area contributed by atoms with Gasteiger partial charge in [-0.15, -0.1) is 0 Å². The summed E-state index contributed by atoms with van der Waals surface area (Å²) < 4.78 is 61.8. The Balaban J connectivity index is 2.31. The van der Waals surface area contributed by atoms with Crippen LogP contribution in [0, 0.1) is 16.1 Å². The van der Waals surface area contributed by atoms with Crippen molar-refractivity contribution in [2.45, 2.75) is 37.3 Å². The summed E-state index contributed by atoms with van der Waals surface area (Å²) >= 11 is 0. The van der Waals surface area contributed by atoms with Crippen LogP contribution < -0.4 is 0 Å². The molecule has 158 valence electrons. The predicted octanol–water partition coefficient (Wildman–Crippen LogP) is 4.28. The second-order valence-electron chi connectivity index (χ2n) is 7.33. The number of hydrogen-bond acceptors (Lipinski definition) is 6. The highest BCUT2D eigenvalue weighted by Crippen LogP contribution is 2.34. The molecule has 1 atom stereocenters. The number of fused-ring (bicyclic) bond motifs is 1. The lowest BCUT2D eigenvalue weighted by Gasteiger charge is -2.18. The molecule has 0 aliphatic carbocycles. The van der Waals surface area contributed by atoms with Gasteiger partial charge in [0.05, 0.1) is 31.7 Å². The van der Waals surface area contributed by atoms with Crippen LogP contribution in [0.15, 0.2) is 29.4 Å². The lowest BCUT2D eigenvalue weighted by Crippen LogP contribution is -2.17. The van der Waals surface area contributed by atoms with Crippen molar-refractivity contribution in [2.24, 2.45) is 7.05 Å². The van der Waals surface area contributed by atoms with E-state index in [9.17, 15) is 22.6 Å². The maximum Gasteiger partial charge on any atom is 0.417 e. The van der Waals surface area contributed by atoms with E-state index in [1.54, 1.807) is 27.8 Å². The number of alkyl halides is 3. The van der Waals surface area contributed by atoms with Gasteiger partial charge in [-0.1, -0.05) is 6.92 Å². The smallest absolute Gasteiger partial charge is 0.310 e. The zero-order valence-electron chi connectivity index (χ0n) is 16.7. The number of halogens is 3. The fourth-order valence-corrected chi connectivity index (χ4v) is 3.95. The van der Waals surface area contributed by atoms with Gasteiger partial charge in [0.25, 0.3) is 0 Å². The summed E-state index contributed by atoms with van der Waals surface area (Å²) in [7, 11) is -1.72. The molecule has 0 saturated heterocycles. The van der Waals surface area contributed by atoms with Crippen molar-refractivity contribution in [1.29, 1.82) is 10.0 Å². The molecule has 3 aromatic heterocycles. The fourth-order valence-electron chi connectivity index (χ4n) is 2.87. The predicted molar refractivity (Wildman–Crippen MR) is 105 cm³/mol. The second kappa shape index (κ2) is 7.05. The van der Waals surface area contributed by atoms with Crippen LogP contribution in [0.4, 0.5) is 13.2 Å². The summed E-state index contributed by atoms with van der Waals surface area (Å²) in [5, 5.41) is 9.40. The average Bonchev–Trinajstić information content (AvgIpc) is 3.02. The summed E-state index contributed by atoms with van der Waals surface area (Å²) in [6.45, 7) is 4.93. The Morgan fingerprint density at radius 3 is 2.40 bits per heavy atom. The largest absolute Gasteiger partial charge is 0.417 e. The molecule has 3 aromatic rings. The highest BCUT2D eigenvalue weighted by Gasteiger charge is 2.32. The first-order valence-corrected chi connectivity index (χ1v) is 10.6. The highest BCUT2D eigenvalue weighted by molar-refractivity contribution is 7.92. The molecular formula is C19H19F3N6OS. The van der Waals surface area contributed by atoms with E-state index >= 15 is 0 Å². The molecule has 0 aliphatic heterocycles. The first-order chi connectivity index (χ1) is 13.8. The SMILES string of the molecule is CC[S@@](=N)(=O)c1cc(C(C)(C)C#N)cnc1-c1nc2cc(C(F)(F)F)cnc2n1C. The number of aryl methyl sites for hydroxylation is 1. The minimum atomic E-state index is -4.56. The quantitative estimate of drug-likeness (QED) is 0.657. The Bertz CT molecular complexity index is 1290. The van der Waals surface area contributed by atoms with Gasteiger partial charge in [0, 0.05) is 25.2 Å². The lowest BCUT2D eigenvalue weighted by molar-refractivity contribution is -0.137. The van der Waals surface area contributed by atoms with Gasteiger partial charge < -0.3 is 4.57 Å². The van der Waals surface area contributed by atoms with E-state index in [-0.39, 0.29) is 33.3 Å². The molecule has 0 aliphatic rings. The maximum atomic E-state index is 13.0. The van der Waals surface area contributed by atoms with Gasteiger partial charge in [-0.3, -0.25) is 4.98 Å². The molecule has 0 unspecified atom stereocenters. The summed E-state index contributed by atoms with van der Waals surface area (Å²) in [6.07, 6.45) is -2.41. The molecule has 11 heteroatoms. The van der Waals surface area contributed by atoms with Crippen molar-refractivity contribution in [3.05, 3.63) is 35.7 Å². The lowest BCUT2D eigenvalue weighted by atomic mass is 9.87. The van der Waals surface area contributed by atoms with Crippen LogP contribution in [0.25, 0.3) is 22.7 Å². The van der Waals surface area contributed by atoms with Crippen molar-refractivity contribution in [3.63, 3.8) is 0 Å². The van der Waals surface area contributed by atoms with Crippen LogP contribution in [0.1, 0.15) is 31.9 Å². The molecule has 30 heavy (non-hydrogen) atoms. The molecule has 0 fully saturated rings. The Morgan fingerprint density at radius 1 is 1.20 bits per heavy atom. The number of rotatable bonds is 4. The van der Waals surface area contributed by atoms with Crippen LogP contribution in [0.5, 0.6) is 0 Å². The topological polar surface area (TPSA) is 108 Å². The molecule has 0 aromatic carbocycles. The van der Waals surface area contributed by atoms with Crippen LogP contribution in [-0.4, -0.2) is 29.5 Å². The van der Waals surface area contributed by atoms with E-state index in [1.165, 1.54) is 16.8 Å². The molecule has 0 radical (unpaired) electrons. The number of pyridine rings is 2. The summed E-state index contributed by atoms with van der Waals surface area (Å²) in [5.41, 5.74) is -1.07. The first kappa shape index (κ1) is 21.7. The normalized spacial score (nSPS) is 14.5. The molecule has 1 N–H and O–H groups in total. The van der Waals surface area contributed by atoms with E-state index in [0.29, 0.717) is 5.56 Å². The number of hydrogen-bond donors (Lipinski definition) is 1. The highest BCUT2D eigenvalue weighted by atomic mass is 32.2. The summed E-state index contributed by atoms with van der Waals surface area (Å²) in [4.78, 5) is 12.5. The number of aromatic nitrogens is 4. The molecule has 7 nitrogen and oxygen atoms in total. The molecular weight excluding hydrogens is 417 g/mol. The zero-order valence-corrected chi connectivity index (χ0v) is 17.5. The van der Waals surface area contributed by atoms with Gasteiger partial charge in [-0.25, -0.2) is 19.0 Å². The zero-order chi connectivity index (χ0) is 22.5. The van der Waals surface area contributed by atoms with E-state index in [2.05, 4.69) is 21.0 Å². The third kappa shape index (κ3) is 3.63. The fraction of sp³-hybridized carbons (Fsp3) is 0.368. The number of nitriles is 1. The van der Waals surface area contributed by atoms with Crippen molar-refractivity contribution in [3.8, 4) is 17.6 Å². The molecule has 0 spiro atoms. The van der Waals surface area contributed by atoms with Gasteiger partial charge in [0.15, 0.2) is 11.5 Å². The third-order valence-electron chi connectivity index (χ3n) is 4.86. The average molecular weight is 436 g/mol. The summed E-state index contributed by atoms with van der Waals surface area (Å²) in [6, 6.07) is 4.52. The minimum absolute atomic E-state index is 0.00146. The van der Waals surface area contributed by atoms with E-state index in [4.69, 9.17) is 4.78 Å².